The summed E-state index contributed by atoms with van der Waals surface area (Å²) in [6, 6.07) is 4.93. The van der Waals surface area contributed by atoms with Crippen molar-refractivity contribution >= 4 is 17.6 Å². The number of rotatable bonds is 4. The molecule has 0 aliphatic rings. The van der Waals surface area contributed by atoms with Crippen molar-refractivity contribution < 1.29 is 8.78 Å². The zero-order valence-electron chi connectivity index (χ0n) is 10.0. The molecule has 0 spiro atoms. The van der Waals surface area contributed by atoms with Crippen molar-refractivity contribution in [2.45, 2.75) is 6.43 Å². The smallest absolute Gasteiger partial charge is 0.264 e. The second-order valence-corrected chi connectivity index (χ2v) is 4.41. The van der Waals surface area contributed by atoms with Crippen LogP contribution in [0.4, 0.5) is 14.5 Å². The average Bonchev–Trinajstić information content (AvgIpc) is 2.86. The summed E-state index contributed by atoms with van der Waals surface area (Å²) >= 11 is 1.41. The lowest BCUT2D eigenvalue weighted by molar-refractivity contribution is 0.152. The molecule has 0 bridgehead atoms. The van der Waals surface area contributed by atoms with Gasteiger partial charge in [-0.05, 0) is 29.6 Å². The van der Waals surface area contributed by atoms with Crippen molar-refractivity contribution in [2.24, 2.45) is 0 Å². The van der Waals surface area contributed by atoms with Crippen LogP contribution in [0.25, 0.3) is 11.1 Å². The molecule has 0 saturated carbocycles. The minimum absolute atomic E-state index is 0.0162. The Balaban J connectivity index is 2.49. The first-order valence-electron chi connectivity index (χ1n) is 5.35. The number of alkyl halides is 2. The summed E-state index contributed by atoms with van der Waals surface area (Å²) in [5.41, 5.74) is 1.90. The summed E-state index contributed by atoms with van der Waals surface area (Å²) in [4.78, 5) is 0. The minimum atomic E-state index is -2.51. The van der Waals surface area contributed by atoms with E-state index in [1.165, 1.54) is 18.0 Å². The van der Waals surface area contributed by atoms with Gasteiger partial charge < -0.3 is 5.32 Å². The predicted octanol–water partition coefficient (Wildman–Crippen LogP) is 3.66. The molecule has 0 radical (unpaired) electrons. The van der Waals surface area contributed by atoms with Gasteiger partial charge in [0.2, 0.25) is 0 Å². The van der Waals surface area contributed by atoms with Gasteiger partial charge in [-0.15, -0.1) is 0 Å². The van der Waals surface area contributed by atoms with E-state index in [-0.39, 0.29) is 5.56 Å². The van der Waals surface area contributed by atoms with Gasteiger partial charge >= 0.3 is 0 Å². The highest BCUT2D eigenvalue weighted by Crippen LogP contribution is 2.33. The highest BCUT2D eigenvalue weighted by molar-refractivity contribution is 7.97. The van der Waals surface area contributed by atoms with Crippen LogP contribution in [0.1, 0.15) is 12.0 Å². The molecule has 0 saturated heterocycles. The second kappa shape index (κ2) is 5.39. The van der Waals surface area contributed by atoms with Gasteiger partial charge in [0.05, 0.1) is 6.20 Å². The van der Waals surface area contributed by atoms with Crippen molar-refractivity contribution in [3.05, 3.63) is 36.2 Å². The molecule has 1 heterocycles. The third kappa shape index (κ3) is 2.48. The van der Waals surface area contributed by atoms with Crippen LogP contribution in [0.5, 0.6) is 0 Å². The molecule has 2 aromatic rings. The van der Waals surface area contributed by atoms with E-state index in [1.807, 2.05) is 6.26 Å². The summed E-state index contributed by atoms with van der Waals surface area (Å²) in [5, 5.41) is 6.93. The largest absolute Gasteiger partial charge is 0.388 e. The van der Waals surface area contributed by atoms with E-state index in [1.54, 1.807) is 35.7 Å². The van der Waals surface area contributed by atoms with E-state index in [9.17, 15) is 8.78 Å². The molecule has 1 N–H and O–H groups in total. The van der Waals surface area contributed by atoms with Gasteiger partial charge in [-0.2, -0.15) is 5.10 Å². The molecule has 6 heteroatoms. The van der Waals surface area contributed by atoms with Crippen molar-refractivity contribution in [1.29, 1.82) is 0 Å². The monoisotopic (exact) mass is 269 g/mol. The van der Waals surface area contributed by atoms with Crippen LogP contribution in [0.15, 0.2) is 30.6 Å². The Bertz CT molecular complexity index is 540. The standard InChI is InChI=1S/C12H13F2N3S/c1-15-9-3-4-10(11(5-9)12(13)14)8-6-16-17(7-8)18-2/h3-7,12,15H,1-2H3. The highest BCUT2D eigenvalue weighted by atomic mass is 32.2. The molecule has 3 nitrogen and oxygen atoms in total. The summed E-state index contributed by atoms with van der Waals surface area (Å²) in [5.74, 6) is 0. The molecule has 0 aliphatic heterocycles. The first kappa shape index (κ1) is 12.9. The molecule has 0 unspecified atom stereocenters. The lowest BCUT2D eigenvalue weighted by Crippen LogP contribution is -1.94. The van der Waals surface area contributed by atoms with Crippen molar-refractivity contribution in [3.8, 4) is 11.1 Å². The normalized spacial score (nSPS) is 10.9. The van der Waals surface area contributed by atoms with Crippen LogP contribution in [0.2, 0.25) is 0 Å². The maximum absolute atomic E-state index is 13.1. The fraction of sp³-hybridized carbons (Fsp3) is 0.250. The number of halogens is 2. The molecule has 18 heavy (non-hydrogen) atoms. The number of nitrogens with one attached hydrogen (secondary N) is 1. The molecule has 1 aromatic heterocycles. The lowest BCUT2D eigenvalue weighted by Gasteiger charge is -2.09. The van der Waals surface area contributed by atoms with E-state index < -0.39 is 6.43 Å². The van der Waals surface area contributed by atoms with Gasteiger partial charge in [0.15, 0.2) is 0 Å². The quantitative estimate of drug-likeness (QED) is 0.918. The van der Waals surface area contributed by atoms with Crippen molar-refractivity contribution in [3.63, 3.8) is 0 Å². The highest BCUT2D eigenvalue weighted by Gasteiger charge is 2.16. The number of hydrogen-bond donors (Lipinski definition) is 1. The SMILES string of the molecule is CNc1ccc(-c2cnn(SC)c2)c(C(F)F)c1. The fourth-order valence-corrected chi connectivity index (χ4v) is 2.07. The molecule has 0 amide bonds. The van der Waals surface area contributed by atoms with Gasteiger partial charge in [0.25, 0.3) is 6.43 Å². The maximum Gasteiger partial charge on any atom is 0.264 e. The number of aromatic nitrogens is 2. The Morgan fingerprint density at radius 2 is 2.17 bits per heavy atom. The van der Waals surface area contributed by atoms with Crippen LogP contribution in [-0.2, 0) is 0 Å². The Morgan fingerprint density at radius 3 is 2.72 bits per heavy atom. The van der Waals surface area contributed by atoms with Gasteiger partial charge in [0, 0.05) is 36.3 Å². The molecule has 1 aromatic carbocycles. The molecule has 0 atom stereocenters. The van der Waals surface area contributed by atoms with Crippen LogP contribution < -0.4 is 5.32 Å². The summed E-state index contributed by atoms with van der Waals surface area (Å²) in [6.07, 6.45) is 2.70. The molecule has 0 fully saturated rings. The summed E-state index contributed by atoms with van der Waals surface area (Å²) < 4.78 is 27.8. The number of benzene rings is 1. The van der Waals surface area contributed by atoms with Crippen molar-refractivity contribution in [2.75, 3.05) is 18.6 Å². The van der Waals surface area contributed by atoms with E-state index in [0.29, 0.717) is 16.8 Å². The number of hydrogen-bond acceptors (Lipinski definition) is 3. The second-order valence-electron chi connectivity index (χ2n) is 3.67. The average molecular weight is 269 g/mol. The van der Waals surface area contributed by atoms with E-state index in [4.69, 9.17) is 0 Å². The lowest BCUT2D eigenvalue weighted by atomic mass is 10.0. The number of nitrogens with zero attached hydrogens (tertiary/aromatic N) is 2. The minimum Gasteiger partial charge on any atom is -0.388 e. The molecule has 2 rings (SSSR count). The summed E-state index contributed by atoms with van der Waals surface area (Å²) in [6.45, 7) is 0. The zero-order chi connectivity index (χ0) is 13.1. The van der Waals surface area contributed by atoms with Crippen molar-refractivity contribution in [1.82, 2.24) is 9.19 Å². The van der Waals surface area contributed by atoms with E-state index >= 15 is 0 Å². The Kier molecular flexibility index (Phi) is 3.86. The molecular weight excluding hydrogens is 256 g/mol. The number of anilines is 1. The van der Waals surface area contributed by atoms with Crippen LogP contribution in [-0.4, -0.2) is 22.5 Å². The maximum atomic E-state index is 13.1. The summed E-state index contributed by atoms with van der Waals surface area (Å²) in [7, 11) is 1.70. The van der Waals surface area contributed by atoms with Gasteiger partial charge in [-0.25, -0.2) is 12.9 Å². The first-order chi connectivity index (χ1) is 8.65. The Hall–Kier alpha value is -1.56. The third-order valence-corrected chi connectivity index (χ3v) is 3.21. The first-order valence-corrected chi connectivity index (χ1v) is 6.53. The van der Waals surface area contributed by atoms with E-state index in [0.717, 1.165) is 0 Å². The molecule has 0 aliphatic carbocycles. The topological polar surface area (TPSA) is 29.9 Å². The van der Waals surface area contributed by atoms with Crippen LogP contribution >= 0.6 is 11.9 Å². The van der Waals surface area contributed by atoms with Crippen LogP contribution in [0.3, 0.4) is 0 Å². The van der Waals surface area contributed by atoms with Crippen LogP contribution in [0, 0.1) is 0 Å². The fourth-order valence-electron chi connectivity index (χ4n) is 1.71. The molecule has 96 valence electrons. The van der Waals surface area contributed by atoms with E-state index in [2.05, 4.69) is 10.4 Å². The van der Waals surface area contributed by atoms with Gasteiger partial charge in [-0.1, -0.05) is 6.07 Å². The Labute approximate surface area is 108 Å². The molecular formula is C12H13F2N3S. The van der Waals surface area contributed by atoms with Gasteiger partial charge in [-0.3, -0.25) is 0 Å². The zero-order valence-corrected chi connectivity index (χ0v) is 10.8. The van der Waals surface area contributed by atoms with Gasteiger partial charge in [0.1, 0.15) is 0 Å². The third-order valence-electron chi connectivity index (χ3n) is 2.63. The predicted molar refractivity (Wildman–Crippen MR) is 71.1 cm³/mol. The Morgan fingerprint density at radius 1 is 1.39 bits per heavy atom.